The summed E-state index contributed by atoms with van der Waals surface area (Å²) >= 11 is 1.39. The van der Waals surface area contributed by atoms with Gasteiger partial charge in [0.25, 0.3) is 5.91 Å². The van der Waals surface area contributed by atoms with Gasteiger partial charge in [0.15, 0.2) is 0 Å². The smallest absolute Gasteiger partial charge is 0.268 e. The summed E-state index contributed by atoms with van der Waals surface area (Å²) < 4.78 is 33.4. The minimum absolute atomic E-state index is 0.0406. The van der Waals surface area contributed by atoms with E-state index in [0.717, 1.165) is 66.6 Å². The van der Waals surface area contributed by atoms with Gasteiger partial charge in [-0.3, -0.25) is 9.69 Å². The van der Waals surface area contributed by atoms with E-state index in [0.29, 0.717) is 11.5 Å². The fraction of sp³-hybridized carbons (Fsp3) is 0.320. The number of hydrogen-bond donors (Lipinski definition) is 0. The molecule has 8 heteroatoms. The third-order valence-electron chi connectivity index (χ3n) is 6.27. The summed E-state index contributed by atoms with van der Waals surface area (Å²) in [5.74, 6) is -0.974. The zero-order valence-electron chi connectivity index (χ0n) is 18.6. The van der Waals surface area contributed by atoms with E-state index in [1.807, 2.05) is 12.1 Å². The predicted molar refractivity (Wildman–Crippen MR) is 126 cm³/mol. The standard InChI is InChI=1S/C25H25F2N3O2S/c1-28-7-9-30(10-8-28)14-16-3-6-22-19(11-16)24-17(15-32-22)12-23(33-24)25(31)29(2)21-5-4-18(26)13-20(21)27/h3-6,11-13H,7-10,14-15H2,1-2H3. The molecule has 0 radical (unpaired) electrons. The highest BCUT2D eigenvalue weighted by molar-refractivity contribution is 7.17. The number of ether oxygens (including phenoxy) is 1. The molecule has 3 heterocycles. The van der Waals surface area contributed by atoms with Crippen LogP contribution in [0.5, 0.6) is 5.75 Å². The first kappa shape index (κ1) is 22.0. The molecule has 1 amide bonds. The van der Waals surface area contributed by atoms with E-state index >= 15 is 0 Å². The van der Waals surface area contributed by atoms with Gasteiger partial charge in [0, 0.05) is 61.8 Å². The van der Waals surface area contributed by atoms with E-state index in [1.165, 1.54) is 34.9 Å². The number of rotatable bonds is 4. The summed E-state index contributed by atoms with van der Waals surface area (Å²) in [6.45, 7) is 5.48. The van der Waals surface area contributed by atoms with Gasteiger partial charge in [-0.2, -0.15) is 0 Å². The molecule has 2 aliphatic rings. The van der Waals surface area contributed by atoms with Crippen LogP contribution < -0.4 is 9.64 Å². The Balaban J connectivity index is 1.40. The highest BCUT2D eigenvalue weighted by Crippen LogP contribution is 2.43. The van der Waals surface area contributed by atoms with Crippen molar-refractivity contribution in [3.8, 4) is 16.2 Å². The van der Waals surface area contributed by atoms with Crippen LogP contribution in [0.1, 0.15) is 20.8 Å². The summed E-state index contributed by atoms with van der Waals surface area (Å²) in [6.07, 6.45) is 0. The van der Waals surface area contributed by atoms with Crippen LogP contribution in [0.25, 0.3) is 10.4 Å². The molecular weight excluding hydrogens is 444 g/mol. The van der Waals surface area contributed by atoms with Gasteiger partial charge in [0.2, 0.25) is 0 Å². The summed E-state index contributed by atoms with van der Waals surface area (Å²) in [4.78, 5) is 20.6. The molecule has 1 fully saturated rings. The molecule has 33 heavy (non-hydrogen) atoms. The van der Waals surface area contributed by atoms with E-state index in [9.17, 15) is 13.6 Å². The van der Waals surface area contributed by atoms with Crippen molar-refractivity contribution in [1.82, 2.24) is 9.80 Å². The molecule has 5 nitrogen and oxygen atoms in total. The molecule has 0 saturated carbocycles. The lowest BCUT2D eigenvalue weighted by atomic mass is 10.0. The van der Waals surface area contributed by atoms with Crippen LogP contribution in [0.3, 0.4) is 0 Å². The number of halogens is 2. The second kappa shape index (κ2) is 8.85. The Labute approximate surface area is 195 Å². The number of fused-ring (bicyclic) bond motifs is 3. The second-order valence-electron chi connectivity index (χ2n) is 8.62. The third-order valence-corrected chi connectivity index (χ3v) is 7.47. The largest absolute Gasteiger partial charge is 0.488 e. The van der Waals surface area contributed by atoms with Gasteiger partial charge >= 0.3 is 0 Å². The van der Waals surface area contributed by atoms with E-state index in [4.69, 9.17) is 4.74 Å². The first-order valence-corrected chi connectivity index (χ1v) is 11.7. The molecule has 0 N–H and O–H groups in total. The molecule has 2 aromatic carbocycles. The van der Waals surface area contributed by atoms with Crippen molar-refractivity contribution in [1.29, 1.82) is 0 Å². The number of carbonyl (C=O) groups is 1. The number of piperazine rings is 1. The maximum Gasteiger partial charge on any atom is 0.268 e. The summed E-state index contributed by atoms with van der Waals surface area (Å²) in [5, 5.41) is 0. The third kappa shape index (κ3) is 4.38. The summed E-state index contributed by atoms with van der Waals surface area (Å²) in [5.41, 5.74) is 3.18. The van der Waals surface area contributed by atoms with Crippen LogP contribution in [0.15, 0.2) is 42.5 Å². The normalized spacial score (nSPS) is 16.1. The van der Waals surface area contributed by atoms with E-state index in [-0.39, 0.29) is 11.6 Å². The predicted octanol–water partition coefficient (Wildman–Crippen LogP) is 4.61. The molecule has 0 aliphatic carbocycles. The minimum atomic E-state index is -0.769. The van der Waals surface area contributed by atoms with Gasteiger partial charge in [-0.25, -0.2) is 8.78 Å². The highest BCUT2D eigenvalue weighted by Gasteiger charge is 2.26. The number of likely N-dealkylation sites (N-methyl/N-ethyl adjacent to an activating group) is 1. The number of nitrogens with zero attached hydrogens (tertiary/aromatic N) is 3. The molecule has 1 aromatic heterocycles. The lowest BCUT2D eigenvalue weighted by molar-refractivity contribution is 0.0996. The summed E-state index contributed by atoms with van der Waals surface area (Å²) in [7, 11) is 3.64. The second-order valence-corrected chi connectivity index (χ2v) is 9.68. The van der Waals surface area contributed by atoms with E-state index < -0.39 is 11.6 Å². The molecule has 0 bridgehead atoms. The average Bonchev–Trinajstić information content (AvgIpc) is 3.25. The average molecular weight is 470 g/mol. The van der Waals surface area contributed by atoms with Crippen LogP contribution >= 0.6 is 11.3 Å². The Hall–Kier alpha value is -2.81. The molecular formula is C25H25F2N3O2S. The minimum Gasteiger partial charge on any atom is -0.488 e. The fourth-order valence-corrected chi connectivity index (χ4v) is 5.46. The van der Waals surface area contributed by atoms with Gasteiger partial charge in [0.1, 0.15) is 24.0 Å². The Morgan fingerprint density at radius 1 is 1.09 bits per heavy atom. The molecule has 5 rings (SSSR count). The molecule has 172 valence electrons. The number of anilines is 1. The number of benzene rings is 2. The van der Waals surface area contributed by atoms with Gasteiger partial charge in [-0.05, 0) is 42.9 Å². The Morgan fingerprint density at radius 3 is 2.64 bits per heavy atom. The van der Waals surface area contributed by atoms with Crippen molar-refractivity contribution in [2.24, 2.45) is 0 Å². The Morgan fingerprint density at radius 2 is 1.88 bits per heavy atom. The highest BCUT2D eigenvalue weighted by atomic mass is 32.1. The number of thiophene rings is 1. The zero-order chi connectivity index (χ0) is 23.1. The number of hydrogen-bond acceptors (Lipinski definition) is 5. The van der Waals surface area contributed by atoms with E-state index in [1.54, 1.807) is 0 Å². The molecule has 0 atom stereocenters. The topological polar surface area (TPSA) is 36.0 Å². The molecule has 2 aliphatic heterocycles. The van der Waals surface area contributed by atoms with Crippen molar-refractivity contribution in [3.63, 3.8) is 0 Å². The monoisotopic (exact) mass is 469 g/mol. The molecule has 1 saturated heterocycles. The maximum absolute atomic E-state index is 14.2. The zero-order valence-corrected chi connectivity index (χ0v) is 19.4. The Kier molecular flexibility index (Phi) is 5.90. The van der Waals surface area contributed by atoms with Crippen LogP contribution in [0.4, 0.5) is 14.5 Å². The van der Waals surface area contributed by atoms with Crippen LogP contribution in [0.2, 0.25) is 0 Å². The quantitative estimate of drug-likeness (QED) is 0.559. The van der Waals surface area contributed by atoms with Gasteiger partial charge < -0.3 is 14.5 Å². The van der Waals surface area contributed by atoms with Crippen LogP contribution in [0, 0.1) is 11.6 Å². The first-order chi connectivity index (χ1) is 15.9. The summed E-state index contributed by atoms with van der Waals surface area (Å²) in [6, 6.07) is 11.3. The molecule has 3 aromatic rings. The fourth-order valence-electron chi connectivity index (χ4n) is 4.30. The lowest BCUT2D eigenvalue weighted by Crippen LogP contribution is -2.43. The van der Waals surface area contributed by atoms with Crippen LogP contribution in [-0.2, 0) is 13.2 Å². The van der Waals surface area contributed by atoms with Gasteiger partial charge in [-0.15, -0.1) is 11.3 Å². The SMILES string of the molecule is CN1CCN(Cc2ccc3c(c2)-c2sc(C(=O)N(C)c4ccc(F)cc4F)cc2CO3)CC1. The van der Waals surface area contributed by atoms with Crippen molar-refractivity contribution >= 4 is 22.9 Å². The van der Waals surface area contributed by atoms with E-state index in [2.05, 4.69) is 29.0 Å². The van der Waals surface area contributed by atoms with Gasteiger partial charge in [-0.1, -0.05) is 6.07 Å². The lowest BCUT2D eigenvalue weighted by Gasteiger charge is -2.32. The number of carbonyl (C=O) groups excluding carboxylic acids is 1. The molecule has 0 spiro atoms. The molecule has 0 unspecified atom stereocenters. The Bertz CT molecular complexity index is 1200. The van der Waals surface area contributed by atoms with Crippen molar-refractivity contribution in [2.75, 3.05) is 45.2 Å². The van der Waals surface area contributed by atoms with Crippen molar-refractivity contribution in [2.45, 2.75) is 13.2 Å². The van der Waals surface area contributed by atoms with Gasteiger partial charge in [0.05, 0.1) is 10.6 Å². The van der Waals surface area contributed by atoms with Crippen molar-refractivity contribution in [3.05, 3.63) is 70.1 Å². The first-order valence-electron chi connectivity index (χ1n) is 10.9. The maximum atomic E-state index is 14.2. The van der Waals surface area contributed by atoms with Crippen LogP contribution in [-0.4, -0.2) is 56.0 Å². The number of amides is 1. The van der Waals surface area contributed by atoms with Crippen molar-refractivity contribution < 1.29 is 18.3 Å².